The van der Waals surface area contributed by atoms with Crippen molar-refractivity contribution in [2.75, 3.05) is 24.2 Å². The molecule has 0 saturated carbocycles. The number of para-hydroxylation sites is 4. The fraction of sp³-hybridized carbons (Fsp3) is 0.421. The van der Waals surface area contributed by atoms with Gasteiger partial charge in [0.15, 0.2) is 0 Å². The van der Waals surface area contributed by atoms with Crippen LogP contribution in [0.1, 0.15) is 76.1 Å². The van der Waals surface area contributed by atoms with Crippen molar-refractivity contribution in [2.45, 2.75) is 66.6 Å². The molecule has 0 unspecified atom stereocenters. The van der Waals surface area contributed by atoms with E-state index < -0.39 is 58.5 Å². The lowest BCUT2D eigenvalue weighted by Crippen LogP contribution is -2.60. The van der Waals surface area contributed by atoms with Gasteiger partial charge in [-0.25, -0.2) is 10.0 Å². The van der Waals surface area contributed by atoms with E-state index in [0.29, 0.717) is 0 Å². The van der Waals surface area contributed by atoms with Gasteiger partial charge in [-0.1, -0.05) is 91.8 Å². The highest BCUT2D eigenvalue weighted by Crippen LogP contribution is 2.33. The second-order valence-electron chi connectivity index (χ2n) is 13.3. The number of carbonyl (C=O) groups is 4. The molecule has 12 nitrogen and oxygen atoms in total. The summed E-state index contributed by atoms with van der Waals surface area (Å²) < 4.78 is 11.0. The summed E-state index contributed by atoms with van der Waals surface area (Å²) in [6, 6.07) is 18.8. The first kappa shape index (κ1) is 39.5. The third-order valence-corrected chi connectivity index (χ3v) is 9.12. The Morgan fingerprint density at radius 1 is 0.540 bits per heavy atom. The summed E-state index contributed by atoms with van der Waals surface area (Å²) in [4.78, 5) is 56.9. The summed E-state index contributed by atoms with van der Waals surface area (Å²) in [6.45, 7) is 13.6. The van der Waals surface area contributed by atoms with E-state index in [4.69, 9.17) is 9.47 Å². The highest BCUT2D eigenvalue weighted by atomic mass is 16.5. The monoisotopic (exact) mass is 690 g/mol. The number of nitrogens with one attached hydrogen (secondary N) is 2. The van der Waals surface area contributed by atoms with Gasteiger partial charge in [0.05, 0.1) is 25.3 Å². The van der Waals surface area contributed by atoms with Crippen LogP contribution >= 0.6 is 0 Å². The number of rotatable bonds is 12. The van der Waals surface area contributed by atoms with E-state index in [9.17, 15) is 29.4 Å². The predicted molar refractivity (Wildman–Crippen MR) is 192 cm³/mol. The number of hydrazine groups is 2. The Morgan fingerprint density at radius 2 is 0.820 bits per heavy atom. The SMILES string of the molecule is COc1ccccc1N(NC(=O)C(O)(C(C)C)C(C)C)C(=O)c1ccccc1C(=O)N(NC(=O)C(O)(C(C)C)C(C)C)c1ccccc1OC. The molecule has 0 aliphatic rings. The molecule has 0 saturated heterocycles. The minimum Gasteiger partial charge on any atom is -0.494 e. The van der Waals surface area contributed by atoms with Gasteiger partial charge in [0.1, 0.15) is 34.1 Å². The van der Waals surface area contributed by atoms with Gasteiger partial charge in [0.25, 0.3) is 23.6 Å². The van der Waals surface area contributed by atoms with E-state index in [1.165, 1.54) is 26.4 Å². The smallest absolute Gasteiger partial charge is 0.277 e. The molecular formula is C38H50N4O8. The standard InChI is InChI=1S/C38H50N4O8/c1-23(2)37(47,24(3)4)35(45)39-41(29-19-13-15-21-31(29)49-9)33(43)27-17-11-12-18-28(27)34(44)42(30-20-14-16-22-32(30)50-10)40-36(46)38(48,25(5)6)26(7)8/h11-26,47-48H,1-10H3,(H,39,45)(H,40,46). The lowest BCUT2D eigenvalue weighted by Gasteiger charge is -2.37. The van der Waals surface area contributed by atoms with E-state index >= 15 is 0 Å². The quantitative estimate of drug-likeness (QED) is 0.190. The Labute approximate surface area is 294 Å². The van der Waals surface area contributed by atoms with Crippen LogP contribution in [-0.2, 0) is 9.59 Å². The molecular weight excluding hydrogens is 640 g/mol. The second-order valence-corrected chi connectivity index (χ2v) is 13.3. The molecule has 0 fully saturated rings. The number of methoxy groups -OCH3 is 2. The minimum absolute atomic E-state index is 0.138. The second kappa shape index (κ2) is 16.2. The van der Waals surface area contributed by atoms with Gasteiger partial charge in [-0.2, -0.15) is 0 Å². The molecule has 0 atom stereocenters. The third-order valence-electron chi connectivity index (χ3n) is 9.12. The number of aliphatic hydroxyl groups is 2. The van der Waals surface area contributed by atoms with Crippen LogP contribution in [0.5, 0.6) is 11.5 Å². The zero-order valence-electron chi connectivity index (χ0n) is 30.5. The first-order valence-electron chi connectivity index (χ1n) is 16.6. The van der Waals surface area contributed by atoms with Crippen LogP contribution in [0.25, 0.3) is 0 Å². The molecule has 12 heteroatoms. The first-order chi connectivity index (χ1) is 23.5. The van der Waals surface area contributed by atoms with Crippen LogP contribution < -0.4 is 30.3 Å². The van der Waals surface area contributed by atoms with Crippen molar-refractivity contribution < 1.29 is 38.9 Å². The van der Waals surface area contributed by atoms with Gasteiger partial charge in [-0.05, 0) is 60.1 Å². The van der Waals surface area contributed by atoms with Crippen LogP contribution in [0.15, 0.2) is 72.8 Å². The topological polar surface area (TPSA) is 158 Å². The van der Waals surface area contributed by atoms with Gasteiger partial charge >= 0.3 is 0 Å². The maximum absolute atomic E-state index is 14.6. The van der Waals surface area contributed by atoms with Crippen LogP contribution in [0.2, 0.25) is 0 Å². The lowest BCUT2D eigenvalue weighted by molar-refractivity contribution is -0.151. The number of benzene rings is 3. The van der Waals surface area contributed by atoms with E-state index in [1.807, 2.05) is 0 Å². The summed E-state index contributed by atoms with van der Waals surface area (Å²) in [5.74, 6) is -5.01. The first-order valence-corrected chi connectivity index (χ1v) is 16.6. The van der Waals surface area contributed by atoms with Crippen molar-refractivity contribution in [2.24, 2.45) is 23.7 Å². The van der Waals surface area contributed by atoms with Crippen molar-refractivity contribution in [3.8, 4) is 11.5 Å². The molecule has 50 heavy (non-hydrogen) atoms. The van der Waals surface area contributed by atoms with Crippen LogP contribution in [0, 0.1) is 23.7 Å². The fourth-order valence-electron chi connectivity index (χ4n) is 5.93. The normalized spacial score (nSPS) is 11.8. The maximum atomic E-state index is 14.6. The number of carbonyl (C=O) groups excluding carboxylic acids is 4. The Bertz CT molecular complexity index is 1550. The van der Waals surface area contributed by atoms with Gasteiger partial charge in [0, 0.05) is 0 Å². The minimum atomic E-state index is -1.87. The molecule has 0 heterocycles. The summed E-state index contributed by atoms with van der Waals surface area (Å²) in [5.41, 5.74) is 1.42. The summed E-state index contributed by atoms with van der Waals surface area (Å²) in [5, 5.41) is 24.9. The van der Waals surface area contributed by atoms with Gasteiger partial charge in [-0.3, -0.25) is 30.0 Å². The number of amides is 4. The van der Waals surface area contributed by atoms with E-state index in [0.717, 1.165) is 10.0 Å². The molecule has 0 aliphatic carbocycles. The van der Waals surface area contributed by atoms with Gasteiger partial charge in [-0.15, -0.1) is 0 Å². The van der Waals surface area contributed by atoms with E-state index in [2.05, 4.69) is 10.9 Å². The average molecular weight is 691 g/mol. The predicted octanol–water partition coefficient (Wildman–Crippen LogP) is 5.15. The zero-order chi connectivity index (χ0) is 37.6. The van der Waals surface area contributed by atoms with E-state index in [1.54, 1.807) is 116 Å². The molecule has 0 spiro atoms. The number of ether oxygens (including phenoxy) is 2. The molecule has 0 radical (unpaired) electrons. The highest BCUT2D eigenvalue weighted by molar-refractivity contribution is 6.18. The summed E-state index contributed by atoms with van der Waals surface area (Å²) in [6.07, 6.45) is 0. The lowest BCUT2D eigenvalue weighted by atomic mass is 9.80. The van der Waals surface area contributed by atoms with E-state index in [-0.39, 0.29) is 34.0 Å². The molecule has 0 bridgehead atoms. The summed E-state index contributed by atoms with van der Waals surface area (Å²) in [7, 11) is 2.81. The number of hydrogen-bond acceptors (Lipinski definition) is 8. The van der Waals surface area contributed by atoms with Crippen molar-refractivity contribution in [3.63, 3.8) is 0 Å². The number of hydrogen-bond donors (Lipinski definition) is 4. The molecule has 4 amide bonds. The summed E-state index contributed by atoms with van der Waals surface area (Å²) >= 11 is 0. The van der Waals surface area contributed by atoms with Gasteiger partial charge in [0.2, 0.25) is 0 Å². The van der Waals surface area contributed by atoms with Crippen molar-refractivity contribution in [1.82, 2.24) is 10.9 Å². The largest absolute Gasteiger partial charge is 0.494 e. The van der Waals surface area contributed by atoms with Crippen LogP contribution in [-0.4, -0.2) is 59.3 Å². The Kier molecular flexibility index (Phi) is 12.8. The van der Waals surface area contributed by atoms with Gasteiger partial charge < -0.3 is 19.7 Å². The molecule has 270 valence electrons. The van der Waals surface area contributed by atoms with Crippen LogP contribution in [0.4, 0.5) is 11.4 Å². The highest BCUT2D eigenvalue weighted by Gasteiger charge is 2.46. The number of nitrogens with zero attached hydrogens (tertiary/aromatic N) is 2. The van der Waals surface area contributed by atoms with Crippen molar-refractivity contribution in [3.05, 3.63) is 83.9 Å². The Hall–Kier alpha value is -4.94. The average Bonchev–Trinajstić information content (AvgIpc) is 3.10. The zero-order valence-corrected chi connectivity index (χ0v) is 30.5. The molecule has 3 aromatic carbocycles. The van der Waals surface area contributed by atoms with Crippen molar-refractivity contribution >= 4 is 35.0 Å². The molecule has 4 N–H and O–H groups in total. The Morgan fingerprint density at radius 3 is 1.10 bits per heavy atom. The molecule has 0 aliphatic heterocycles. The van der Waals surface area contributed by atoms with Crippen molar-refractivity contribution in [1.29, 1.82) is 0 Å². The fourth-order valence-corrected chi connectivity index (χ4v) is 5.93. The Balaban J connectivity index is 2.24. The molecule has 0 aromatic heterocycles. The molecule has 3 aromatic rings. The maximum Gasteiger partial charge on any atom is 0.277 e. The number of anilines is 2. The third kappa shape index (κ3) is 7.61. The van der Waals surface area contributed by atoms with Crippen LogP contribution in [0.3, 0.4) is 0 Å². The molecule has 3 rings (SSSR count).